The zero-order valence-electron chi connectivity index (χ0n) is 17.2. The third-order valence-electron chi connectivity index (χ3n) is 5.45. The largest absolute Gasteiger partial charge is 0.497 e. The smallest absolute Gasteiger partial charge is 0.333 e. The standard InChI is InChI=1S/C22H23N3O7/c1-31-16-4-2-13(3-5-16)14-6-8-23-15(10-14)11-25-18(27)7-9-24(22(25)30)21-20(29)19(28)17(12-26)32-21/h2-10,17,19-21,26,28-29H,11-12H2,1H3/t17-,19?,20?,21-/m1/s1. The van der Waals surface area contributed by atoms with Gasteiger partial charge in [0.1, 0.15) is 24.1 Å². The van der Waals surface area contributed by atoms with Crippen molar-refractivity contribution >= 4 is 0 Å². The third-order valence-corrected chi connectivity index (χ3v) is 5.45. The summed E-state index contributed by atoms with van der Waals surface area (Å²) in [4.78, 5) is 29.7. The molecule has 1 fully saturated rings. The average Bonchev–Trinajstić information content (AvgIpc) is 3.10. The highest BCUT2D eigenvalue weighted by atomic mass is 16.6. The summed E-state index contributed by atoms with van der Waals surface area (Å²) in [5, 5.41) is 29.5. The summed E-state index contributed by atoms with van der Waals surface area (Å²) in [6, 6.07) is 12.2. The SMILES string of the molecule is COc1ccc(-c2ccnc(Cn3c(=O)ccn([C@@H]4O[C@H](CO)C(O)C4O)c3=O)c2)cc1. The molecule has 0 radical (unpaired) electrons. The Hall–Kier alpha value is -3.31. The predicted molar refractivity (Wildman–Crippen MR) is 113 cm³/mol. The second-order valence-corrected chi connectivity index (χ2v) is 7.42. The second kappa shape index (κ2) is 9.05. The Labute approximate surface area is 182 Å². The van der Waals surface area contributed by atoms with Crippen molar-refractivity contribution in [1.82, 2.24) is 14.1 Å². The van der Waals surface area contributed by atoms with Gasteiger partial charge in [-0.1, -0.05) is 12.1 Å². The molecular formula is C22H23N3O7. The first-order chi connectivity index (χ1) is 15.4. The number of hydrogen-bond donors (Lipinski definition) is 3. The fourth-order valence-electron chi connectivity index (χ4n) is 3.67. The summed E-state index contributed by atoms with van der Waals surface area (Å²) >= 11 is 0. The van der Waals surface area contributed by atoms with Crippen LogP contribution in [0, 0.1) is 0 Å². The predicted octanol–water partition coefficient (Wildman–Crippen LogP) is -0.260. The first-order valence-corrected chi connectivity index (χ1v) is 9.96. The van der Waals surface area contributed by atoms with E-state index in [1.54, 1.807) is 19.4 Å². The molecule has 3 heterocycles. The van der Waals surface area contributed by atoms with Crippen molar-refractivity contribution in [3.8, 4) is 16.9 Å². The van der Waals surface area contributed by atoms with Crippen LogP contribution in [0.25, 0.3) is 11.1 Å². The summed E-state index contributed by atoms with van der Waals surface area (Å²) in [6.07, 6.45) is -2.28. The lowest BCUT2D eigenvalue weighted by molar-refractivity contribution is -0.0555. The molecule has 32 heavy (non-hydrogen) atoms. The molecule has 10 heteroatoms. The van der Waals surface area contributed by atoms with E-state index in [4.69, 9.17) is 9.47 Å². The maximum absolute atomic E-state index is 13.0. The maximum atomic E-state index is 13.0. The molecule has 1 aliphatic heterocycles. The number of aliphatic hydroxyl groups is 3. The van der Waals surface area contributed by atoms with Crippen LogP contribution in [0.1, 0.15) is 11.9 Å². The first kappa shape index (κ1) is 21.9. The van der Waals surface area contributed by atoms with Gasteiger partial charge >= 0.3 is 5.69 Å². The highest BCUT2D eigenvalue weighted by Crippen LogP contribution is 2.28. The molecule has 0 aliphatic carbocycles. The minimum Gasteiger partial charge on any atom is -0.497 e. The number of benzene rings is 1. The van der Waals surface area contributed by atoms with Gasteiger partial charge in [-0.25, -0.2) is 4.79 Å². The number of pyridine rings is 1. The van der Waals surface area contributed by atoms with Crippen LogP contribution < -0.4 is 16.0 Å². The Bertz CT molecular complexity index is 1210. The molecule has 2 unspecified atom stereocenters. The van der Waals surface area contributed by atoms with Gasteiger partial charge in [-0.05, 0) is 35.4 Å². The van der Waals surface area contributed by atoms with Crippen LogP contribution >= 0.6 is 0 Å². The van der Waals surface area contributed by atoms with Gasteiger partial charge in [0.25, 0.3) is 5.56 Å². The maximum Gasteiger partial charge on any atom is 0.333 e. The number of hydrogen-bond acceptors (Lipinski definition) is 8. The molecule has 168 valence electrons. The van der Waals surface area contributed by atoms with Gasteiger partial charge in [-0.2, -0.15) is 0 Å². The molecule has 1 saturated heterocycles. The molecule has 2 aromatic heterocycles. The molecule has 0 amide bonds. The molecular weight excluding hydrogens is 418 g/mol. The number of rotatable bonds is 6. The van der Waals surface area contributed by atoms with E-state index in [0.29, 0.717) is 5.69 Å². The topological polar surface area (TPSA) is 136 Å². The van der Waals surface area contributed by atoms with Crippen LogP contribution in [-0.4, -0.2) is 61.5 Å². The van der Waals surface area contributed by atoms with Crippen LogP contribution in [0.5, 0.6) is 5.75 Å². The lowest BCUT2D eigenvalue weighted by atomic mass is 10.1. The molecule has 10 nitrogen and oxygen atoms in total. The average molecular weight is 441 g/mol. The minimum absolute atomic E-state index is 0.0999. The van der Waals surface area contributed by atoms with Gasteiger partial charge in [0.05, 0.1) is 26.0 Å². The number of methoxy groups -OCH3 is 1. The zero-order valence-corrected chi connectivity index (χ0v) is 17.2. The fourth-order valence-corrected chi connectivity index (χ4v) is 3.67. The van der Waals surface area contributed by atoms with E-state index in [0.717, 1.165) is 26.0 Å². The summed E-state index contributed by atoms with van der Waals surface area (Å²) < 4.78 is 12.6. The number of ether oxygens (including phenoxy) is 2. The van der Waals surface area contributed by atoms with Crippen LogP contribution in [0.3, 0.4) is 0 Å². The van der Waals surface area contributed by atoms with E-state index in [9.17, 15) is 24.9 Å². The van der Waals surface area contributed by atoms with E-state index in [1.165, 1.54) is 12.3 Å². The molecule has 0 bridgehead atoms. The third kappa shape index (κ3) is 4.08. The van der Waals surface area contributed by atoms with Crippen molar-refractivity contribution in [3.63, 3.8) is 0 Å². The van der Waals surface area contributed by atoms with Crippen LogP contribution in [0.2, 0.25) is 0 Å². The lowest BCUT2D eigenvalue weighted by Gasteiger charge is -2.18. The van der Waals surface area contributed by atoms with E-state index < -0.39 is 42.4 Å². The molecule has 1 aromatic carbocycles. The first-order valence-electron chi connectivity index (χ1n) is 9.96. The summed E-state index contributed by atoms with van der Waals surface area (Å²) in [5.41, 5.74) is 0.972. The highest BCUT2D eigenvalue weighted by Gasteiger charge is 2.43. The van der Waals surface area contributed by atoms with Gasteiger partial charge in [0.2, 0.25) is 0 Å². The van der Waals surface area contributed by atoms with Crippen molar-refractivity contribution in [3.05, 3.63) is 81.4 Å². The molecule has 0 spiro atoms. The molecule has 0 saturated carbocycles. The molecule has 1 aliphatic rings. The number of aromatic nitrogens is 3. The molecule has 3 N–H and O–H groups in total. The van der Waals surface area contributed by atoms with Gasteiger partial charge in [0.15, 0.2) is 6.23 Å². The minimum atomic E-state index is -1.44. The van der Waals surface area contributed by atoms with Gasteiger partial charge < -0.3 is 24.8 Å². The fraction of sp³-hybridized carbons (Fsp3) is 0.318. The summed E-state index contributed by atoms with van der Waals surface area (Å²) in [7, 11) is 1.59. The second-order valence-electron chi connectivity index (χ2n) is 7.42. The Morgan fingerprint density at radius 2 is 1.81 bits per heavy atom. The normalized spacial score (nSPS) is 22.8. The monoisotopic (exact) mass is 441 g/mol. The van der Waals surface area contributed by atoms with Crippen molar-refractivity contribution in [2.75, 3.05) is 13.7 Å². The van der Waals surface area contributed by atoms with E-state index in [-0.39, 0.29) is 6.54 Å². The van der Waals surface area contributed by atoms with Crippen LogP contribution in [0.15, 0.2) is 64.4 Å². The number of nitrogens with zero attached hydrogens (tertiary/aromatic N) is 3. The van der Waals surface area contributed by atoms with Crippen LogP contribution in [0.4, 0.5) is 0 Å². The van der Waals surface area contributed by atoms with Crippen molar-refractivity contribution in [2.24, 2.45) is 0 Å². The van der Waals surface area contributed by atoms with E-state index >= 15 is 0 Å². The molecule has 4 atom stereocenters. The van der Waals surface area contributed by atoms with Gasteiger partial charge in [-0.15, -0.1) is 0 Å². The van der Waals surface area contributed by atoms with Crippen molar-refractivity contribution < 1.29 is 24.8 Å². The van der Waals surface area contributed by atoms with E-state index in [2.05, 4.69) is 4.98 Å². The summed E-state index contributed by atoms with van der Waals surface area (Å²) in [6.45, 7) is -0.623. The Balaban J connectivity index is 1.65. The Morgan fingerprint density at radius 1 is 1.06 bits per heavy atom. The van der Waals surface area contributed by atoms with Crippen molar-refractivity contribution in [2.45, 2.75) is 31.1 Å². The van der Waals surface area contributed by atoms with Gasteiger partial charge in [0, 0.05) is 18.5 Å². The lowest BCUT2D eigenvalue weighted by Crippen LogP contribution is -2.43. The molecule has 3 aromatic rings. The zero-order chi connectivity index (χ0) is 22.8. The molecule has 4 rings (SSSR count). The number of aliphatic hydroxyl groups excluding tert-OH is 3. The Morgan fingerprint density at radius 3 is 2.47 bits per heavy atom. The van der Waals surface area contributed by atoms with Crippen LogP contribution in [-0.2, 0) is 11.3 Å². The highest BCUT2D eigenvalue weighted by molar-refractivity contribution is 5.64. The quantitative estimate of drug-likeness (QED) is 0.476. The Kier molecular flexibility index (Phi) is 6.19. The summed E-state index contributed by atoms with van der Waals surface area (Å²) in [5.74, 6) is 0.726. The van der Waals surface area contributed by atoms with E-state index in [1.807, 2.05) is 30.3 Å². The van der Waals surface area contributed by atoms with Gasteiger partial charge in [-0.3, -0.25) is 18.9 Å². The van der Waals surface area contributed by atoms with Crippen molar-refractivity contribution in [1.29, 1.82) is 0 Å².